The molecule has 5 nitrogen and oxygen atoms in total. The molecule has 0 radical (unpaired) electrons. The van der Waals surface area contributed by atoms with Crippen LogP contribution >= 0.6 is 0 Å². The SMILES string of the molecule is CCCNC(C)C(CC)c1ccc(OC)cc1[N+](=O)[O-]. The molecule has 0 heterocycles. The van der Waals surface area contributed by atoms with E-state index in [1.54, 1.807) is 6.07 Å². The van der Waals surface area contributed by atoms with E-state index in [1.165, 1.54) is 13.2 Å². The lowest BCUT2D eigenvalue weighted by molar-refractivity contribution is -0.385. The van der Waals surface area contributed by atoms with Gasteiger partial charge in [0, 0.05) is 17.5 Å². The average molecular weight is 280 g/mol. The highest BCUT2D eigenvalue weighted by Crippen LogP contribution is 2.34. The number of ether oxygens (including phenoxy) is 1. The molecular formula is C15H24N2O3. The Labute approximate surface area is 120 Å². The predicted molar refractivity (Wildman–Crippen MR) is 80.4 cm³/mol. The van der Waals surface area contributed by atoms with Crippen LogP contribution in [0.4, 0.5) is 5.69 Å². The average Bonchev–Trinajstić information content (AvgIpc) is 2.45. The van der Waals surface area contributed by atoms with Gasteiger partial charge in [-0.2, -0.15) is 0 Å². The van der Waals surface area contributed by atoms with Crippen molar-refractivity contribution in [2.45, 2.75) is 45.6 Å². The summed E-state index contributed by atoms with van der Waals surface area (Å²) in [6.07, 6.45) is 1.90. The maximum Gasteiger partial charge on any atom is 0.276 e. The molecule has 1 rings (SSSR count). The van der Waals surface area contributed by atoms with Crippen LogP contribution in [-0.4, -0.2) is 24.6 Å². The van der Waals surface area contributed by atoms with E-state index in [1.807, 2.05) is 6.07 Å². The maximum atomic E-state index is 11.3. The first-order chi connectivity index (χ1) is 9.54. The Morgan fingerprint density at radius 3 is 2.60 bits per heavy atom. The standard InChI is InChI=1S/C15H24N2O3/c1-5-9-16-11(3)13(6-2)14-8-7-12(20-4)10-15(14)17(18)19/h7-8,10-11,13,16H,5-6,9H2,1-4H3. The van der Waals surface area contributed by atoms with Crippen molar-refractivity contribution in [3.8, 4) is 5.75 Å². The lowest BCUT2D eigenvalue weighted by Gasteiger charge is -2.24. The van der Waals surface area contributed by atoms with Gasteiger partial charge in [-0.15, -0.1) is 0 Å². The first-order valence-electron chi connectivity index (χ1n) is 7.10. The Balaban J connectivity index is 3.10. The fourth-order valence-corrected chi connectivity index (χ4v) is 2.48. The normalized spacial score (nSPS) is 13.8. The molecule has 2 unspecified atom stereocenters. The monoisotopic (exact) mass is 280 g/mol. The third-order valence-corrected chi connectivity index (χ3v) is 3.59. The second-order valence-electron chi connectivity index (χ2n) is 4.94. The van der Waals surface area contributed by atoms with E-state index in [2.05, 4.69) is 26.1 Å². The van der Waals surface area contributed by atoms with Gasteiger partial charge in [-0.05, 0) is 38.4 Å². The van der Waals surface area contributed by atoms with Crippen molar-refractivity contribution in [2.24, 2.45) is 0 Å². The van der Waals surface area contributed by atoms with Crippen LogP contribution < -0.4 is 10.1 Å². The van der Waals surface area contributed by atoms with Crippen molar-refractivity contribution in [3.63, 3.8) is 0 Å². The van der Waals surface area contributed by atoms with Crippen LogP contribution in [0.1, 0.15) is 45.1 Å². The molecule has 0 aliphatic rings. The van der Waals surface area contributed by atoms with E-state index in [4.69, 9.17) is 4.74 Å². The van der Waals surface area contributed by atoms with Crippen molar-refractivity contribution >= 4 is 5.69 Å². The summed E-state index contributed by atoms with van der Waals surface area (Å²) in [7, 11) is 1.52. The minimum atomic E-state index is -0.326. The zero-order valence-electron chi connectivity index (χ0n) is 12.7. The minimum Gasteiger partial charge on any atom is -0.497 e. The summed E-state index contributed by atoms with van der Waals surface area (Å²) in [5.41, 5.74) is 0.913. The number of rotatable bonds is 8. The number of methoxy groups -OCH3 is 1. The molecule has 5 heteroatoms. The molecule has 0 amide bonds. The predicted octanol–water partition coefficient (Wildman–Crippen LogP) is 3.49. The van der Waals surface area contributed by atoms with Gasteiger partial charge in [0.05, 0.1) is 18.1 Å². The maximum absolute atomic E-state index is 11.3. The molecule has 0 bridgehead atoms. The van der Waals surface area contributed by atoms with E-state index in [9.17, 15) is 10.1 Å². The van der Waals surface area contributed by atoms with Crippen molar-refractivity contribution in [3.05, 3.63) is 33.9 Å². The number of nitro benzene ring substituents is 1. The Kier molecular flexibility index (Phi) is 6.45. The van der Waals surface area contributed by atoms with E-state index in [-0.39, 0.29) is 22.6 Å². The third-order valence-electron chi connectivity index (χ3n) is 3.59. The largest absolute Gasteiger partial charge is 0.497 e. The Morgan fingerprint density at radius 2 is 2.10 bits per heavy atom. The summed E-state index contributed by atoms with van der Waals surface area (Å²) >= 11 is 0. The summed E-state index contributed by atoms with van der Waals surface area (Å²) in [5, 5.41) is 14.7. The van der Waals surface area contributed by atoms with E-state index >= 15 is 0 Å². The molecule has 0 aromatic heterocycles. The second kappa shape index (κ2) is 7.85. The van der Waals surface area contributed by atoms with Gasteiger partial charge in [0.25, 0.3) is 5.69 Å². The summed E-state index contributed by atoms with van der Waals surface area (Å²) < 4.78 is 5.08. The molecule has 0 aliphatic heterocycles. The van der Waals surface area contributed by atoms with Crippen molar-refractivity contribution in [1.82, 2.24) is 5.32 Å². The summed E-state index contributed by atoms with van der Waals surface area (Å²) in [6.45, 7) is 7.17. The van der Waals surface area contributed by atoms with Gasteiger partial charge in [0.2, 0.25) is 0 Å². The molecule has 2 atom stereocenters. The molecule has 0 fully saturated rings. The summed E-state index contributed by atoms with van der Waals surface area (Å²) in [6, 6.07) is 5.31. The van der Waals surface area contributed by atoms with E-state index in [0.717, 1.165) is 24.9 Å². The molecule has 112 valence electrons. The lowest BCUT2D eigenvalue weighted by Crippen LogP contribution is -2.32. The Morgan fingerprint density at radius 1 is 1.40 bits per heavy atom. The second-order valence-corrected chi connectivity index (χ2v) is 4.94. The van der Waals surface area contributed by atoms with Gasteiger partial charge >= 0.3 is 0 Å². The quantitative estimate of drug-likeness (QED) is 0.585. The highest BCUT2D eigenvalue weighted by molar-refractivity contribution is 5.48. The third kappa shape index (κ3) is 3.93. The van der Waals surface area contributed by atoms with Crippen LogP contribution in [0.5, 0.6) is 5.75 Å². The molecule has 0 saturated heterocycles. The van der Waals surface area contributed by atoms with Gasteiger partial charge in [-0.3, -0.25) is 10.1 Å². The van der Waals surface area contributed by atoms with Crippen molar-refractivity contribution < 1.29 is 9.66 Å². The molecule has 0 spiro atoms. The summed E-state index contributed by atoms with van der Waals surface area (Å²) in [5.74, 6) is 0.636. The topological polar surface area (TPSA) is 64.4 Å². The van der Waals surface area contributed by atoms with Crippen molar-refractivity contribution in [2.75, 3.05) is 13.7 Å². The van der Waals surface area contributed by atoms with Gasteiger partial charge in [0.15, 0.2) is 0 Å². The van der Waals surface area contributed by atoms with Gasteiger partial charge in [-0.1, -0.05) is 13.8 Å². The number of hydrogen-bond donors (Lipinski definition) is 1. The lowest BCUT2D eigenvalue weighted by atomic mass is 9.88. The van der Waals surface area contributed by atoms with E-state index < -0.39 is 0 Å². The fourth-order valence-electron chi connectivity index (χ4n) is 2.48. The minimum absolute atomic E-state index is 0.118. The number of nitrogens with zero attached hydrogens (tertiary/aromatic N) is 1. The molecule has 1 aromatic carbocycles. The number of benzene rings is 1. The van der Waals surface area contributed by atoms with E-state index in [0.29, 0.717) is 5.75 Å². The van der Waals surface area contributed by atoms with Crippen LogP contribution in [0.2, 0.25) is 0 Å². The smallest absolute Gasteiger partial charge is 0.276 e. The number of nitrogens with one attached hydrogen (secondary N) is 1. The number of hydrogen-bond acceptors (Lipinski definition) is 4. The van der Waals surface area contributed by atoms with Gasteiger partial charge in [0.1, 0.15) is 5.75 Å². The number of nitro groups is 1. The molecule has 20 heavy (non-hydrogen) atoms. The fraction of sp³-hybridized carbons (Fsp3) is 0.600. The molecule has 1 N–H and O–H groups in total. The Bertz CT molecular complexity index is 449. The molecule has 0 saturated carbocycles. The highest BCUT2D eigenvalue weighted by atomic mass is 16.6. The van der Waals surface area contributed by atoms with Crippen molar-refractivity contribution in [1.29, 1.82) is 0 Å². The van der Waals surface area contributed by atoms with Crippen LogP contribution in [0.15, 0.2) is 18.2 Å². The molecule has 0 aliphatic carbocycles. The first kappa shape index (κ1) is 16.4. The summed E-state index contributed by atoms with van der Waals surface area (Å²) in [4.78, 5) is 11.0. The first-order valence-corrected chi connectivity index (χ1v) is 7.10. The zero-order valence-corrected chi connectivity index (χ0v) is 12.7. The highest BCUT2D eigenvalue weighted by Gasteiger charge is 2.25. The van der Waals surface area contributed by atoms with Gasteiger partial charge < -0.3 is 10.1 Å². The van der Waals surface area contributed by atoms with Crippen LogP contribution in [0.25, 0.3) is 0 Å². The zero-order chi connectivity index (χ0) is 15.1. The molecular weight excluding hydrogens is 256 g/mol. The molecule has 1 aromatic rings. The van der Waals surface area contributed by atoms with Crippen LogP contribution in [0.3, 0.4) is 0 Å². The van der Waals surface area contributed by atoms with Gasteiger partial charge in [-0.25, -0.2) is 0 Å². The van der Waals surface area contributed by atoms with Crippen LogP contribution in [-0.2, 0) is 0 Å². The Hall–Kier alpha value is -1.62. The van der Waals surface area contributed by atoms with Crippen LogP contribution in [0, 0.1) is 10.1 Å².